The van der Waals surface area contributed by atoms with Crippen molar-refractivity contribution >= 4 is 21.6 Å². The van der Waals surface area contributed by atoms with Crippen molar-refractivity contribution in [2.24, 2.45) is 0 Å². The van der Waals surface area contributed by atoms with Crippen LogP contribution in [0.1, 0.15) is 15.9 Å². The number of benzene rings is 3. The van der Waals surface area contributed by atoms with Gasteiger partial charge in [0.1, 0.15) is 16.4 Å². The first-order valence-corrected chi connectivity index (χ1v) is 11.9. The highest BCUT2D eigenvalue weighted by molar-refractivity contribution is 7.89. The van der Waals surface area contributed by atoms with Crippen LogP contribution in [0.3, 0.4) is 0 Å². The van der Waals surface area contributed by atoms with E-state index in [0.717, 1.165) is 5.56 Å². The van der Waals surface area contributed by atoms with E-state index in [2.05, 4.69) is 5.32 Å². The average Bonchev–Trinajstić information content (AvgIpc) is 2.95. The van der Waals surface area contributed by atoms with Gasteiger partial charge < -0.3 is 19.5 Å². The molecule has 0 spiro atoms. The van der Waals surface area contributed by atoms with Gasteiger partial charge in [-0.2, -0.15) is 4.31 Å². The fraction of sp³-hybridized carbons (Fsp3) is 0.208. The summed E-state index contributed by atoms with van der Waals surface area (Å²) in [6.07, 6.45) is 0. The number of carbonyl (C=O) groups is 1. The fourth-order valence-electron chi connectivity index (χ4n) is 3.75. The van der Waals surface area contributed by atoms with Gasteiger partial charge >= 0.3 is 0 Å². The third-order valence-corrected chi connectivity index (χ3v) is 7.37. The predicted octanol–water partition coefficient (Wildman–Crippen LogP) is 4.17. The van der Waals surface area contributed by atoms with Gasteiger partial charge in [-0.3, -0.25) is 4.79 Å². The molecule has 33 heavy (non-hydrogen) atoms. The standard InChI is InChI=1S/C24H22N2O6S/c1-16-7-8-19-21(13-16)32-20-15-22(31-17-5-3-2-4-6-17)23(14-18(20)24(27)25-19)33(28,29)26-9-11-30-12-10-26/h2-8,13-15H,9-12H2,1H3,(H,25,27). The lowest BCUT2D eigenvalue weighted by atomic mass is 10.1. The molecular weight excluding hydrogens is 444 g/mol. The van der Waals surface area contributed by atoms with Gasteiger partial charge in [-0.15, -0.1) is 0 Å². The van der Waals surface area contributed by atoms with E-state index in [-0.39, 0.29) is 35.0 Å². The molecule has 1 amide bonds. The van der Waals surface area contributed by atoms with Crippen molar-refractivity contribution in [2.75, 3.05) is 31.6 Å². The van der Waals surface area contributed by atoms with Crippen LogP contribution in [-0.2, 0) is 14.8 Å². The van der Waals surface area contributed by atoms with E-state index < -0.39 is 15.9 Å². The molecule has 0 unspecified atom stereocenters. The first-order valence-electron chi connectivity index (χ1n) is 10.5. The van der Waals surface area contributed by atoms with E-state index in [1.54, 1.807) is 36.4 Å². The number of aryl methyl sites for hydroxylation is 1. The average molecular weight is 467 g/mol. The highest BCUT2D eigenvalue weighted by atomic mass is 32.2. The molecule has 0 saturated carbocycles. The fourth-order valence-corrected chi connectivity index (χ4v) is 5.28. The number of hydrogen-bond acceptors (Lipinski definition) is 6. The van der Waals surface area contributed by atoms with Crippen LogP contribution in [0.15, 0.2) is 65.6 Å². The van der Waals surface area contributed by atoms with Crippen LogP contribution < -0.4 is 14.8 Å². The lowest BCUT2D eigenvalue weighted by molar-refractivity contribution is 0.0729. The van der Waals surface area contributed by atoms with E-state index >= 15 is 0 Å². The van der Waals surface area contributed by atoms with Gasteiger partial charge in [-0.25, -0.2) is 8.42 Å². The molecule has 2 heterocycles. The number of nitrogens with one attached hydrogen (secondary N) is 1. The molecule has 2 aliphatic heterocycles. The number of ether oxygens (including phenoxy) is 3. The summed E-state index contributed by atoms with van der Waals surface area (Å²) in [6, 6.07) is 17.1. The number of amides is 1. The number of para-hydroxylation sites is 1. The molecular formula is C24H22N2O6S. The van der Waals surface area contributed by atoms with Gasteiger partial charge in [-0.1, -0.05) is 24.3 Å². The third-order valence-electron chi connectivity index (χ3n) is 5.45. The number of morpholine rings is 1. The summed E-state index contributed by atoms with van der Waals surface area (Å²) in [7, 11) is -3.96. The highest BCUT2D eigenvalue weighted by Crippen LogP contribution is 2.42. The Morgan fingerprint density at radius 2 is 1.73 bits per heavy atom. The van der Waals surface area contributed by atoms with Crippen LogP contribution in [0.25, 0.3) is 0 Å². The van der Waals surface area contributed by atoms with Crippen molar-refractivity contribution in [3.8, 4) is 23.0 Å². The number of anilines is 1. The number of carbonyl (C=O) groups excluding carboxylic acids is 1. The molecule has 3 aromatic carbocycles. The first kappa shape index (κ1) is 21.4. The second kappa shape index (κ2) is 8.51. The van der Waals surface area contributed by atoms with Crippen LogP contribution in [0.4, 0.5) is 5.69 Å². The minimum Gasteiger partial charge on any atom is -0.456 e. The zero-order chi connectivity index (χ0) is 23.0. The summed E-state index contributed by atoms with van der Waals surface area (Å²) in [5.74, 6) is 0.762. The minimum atomic E-state index is -3.96. The summed E-state index contributed by atoms with van der Waals surface area (Å²) in [5, 5.41) is 2.80. The van der Waals surface area contributed by atoms with Crippen molar-refractivity contribution in [1.29, 1.82) is 0 Å². The summed E-state index contributed by atoms with van der Waals surface area (Å²) in [6.45, 7) is 2.96. The maximum atomic E-state index is 13.6. The van der Waals surface area contributed by atoms with Crippen molar-refractivity contribution in [3.63, 3.8) is 0 Å². The topological polar surface area (TPSA) is 94.2 Å². The van der Waals surface area contributed by atoms with E-state index in [0.29, 0.717) is 30.4 Å². The summed E-state index contributed by atoms with van der Waals surface area (Å²) >= 11 is 0. The van der Waals surface area contributed by atoms with Crippen LogP contribution in [0, 0.1) is 6.92 Å². The molecule has 2 aliphatic rings. The van der Waals surface area contributed by atoms with Gasteiger partial charge in [0.05, 0.1) is 24.5 Å². The Labute approximate surface area is 191 Å². The minimum absolute atomic E-state index is 0.0790. The number of fused-ring (bicyclic) bond motifs is 2. The summed E-state index contributed by atoms with van der Waals surface area (Å²) < 4.78 is 45.8. The lowest BCUT2D eigenvalue weighted by Gasteiger charge is -2.27. The predicted molar refractivity (Wildman–Crippen MR) is 122 cm³/mol. The Morgan fingerprint density at radius 1 is 0.970 bits per heavy atom. The second-order valence-electron chi connectivity index (χ2n) is 7.78. The van der Waals surface area contributed by atoms with Crippen molar-refractivity contribution in [3.05, 3.63) is 71.8 Å². The molecule has 8 nitrogen and oxygen atoms in total. The van der Waals surface area contributed by atoms with Crippen LogP contribution in [-0.4, -0.2) is 44.9 Å². The quantitative estimate of drug-likeness (QED) is 0.620. The molecule has 5 rings (SSSR count). The summed E-state index contributed by atoms with van der Waals surface area (Å²) in [5.41, 5.74) is 1.57. The normalized spacial score (nSPS) is 16.1. The van der Waals surface area contributed by atoms with Gasteiger partial charge in [0.2, 0.25) is 10.0 Å². The Morgan fingerprint density at radius 3 is 2.48 bits per heavy atom. The highest BCUT2D eigenvalue weighted by Gasteiger charge is 2.33. The second-order valence-corrected chi connectivity index (χ2v) is 9.69. The van der Waals surface area contributed by atoms with Gasteiger partial charge in [-0.05, 0) is 42.8 Å². The van der Waals surface area contributed by atoms with Crippen LogP contribution in [0.2, 0.25) is 0 Å². The molecule has 0 atom stereocenters. The van der Waals surface area contributed by atoms with Crippen LogP contribution in [0.5, 0.6) is 23.0 Å². The largest absolute Gasteiger partial charge is 0.456 e. The zero-order valence-electron chi connectivity index (χ0n) is 17.9. The third kappa shape index (κ3) is 4.18. The molecule has 0 bridgehead atoms. The van der Waals surface area contributed by atoms with Gasteiger partial charge in [0.25, 0.3) is 5.91 Å². The molecule has 170 valence electrons. The molecule has 1 saturated heterocycles. The summed E-state index contributed by atoms with van der Waals surface area (Å²) in [4.78, 5) is 12.9. The van der Waals surface area contributed by atoms with Crippen molar-refractivity contribution < 1.29 is 27.4 Å². The van der Waals surface area contributed by atoms with E-state index in [4.69, 9.17) is 14.2 Å². The van der Waals surface area contributed by atoms with Crippen molar-refractivity contribution in [2.45, 2.75) is 11.8 Å². The lowest BCUT2D eigenvalue weighted by Crippen LogP contribution is -2.40. The van der Waals surface area contributed by atoms with E-state index in [1.807, 2.05) is 19.1 Å². The number of rotatable bonds is 4. The molecule has 0 radical (unpaired) electrons. The van der Waals surface area contributed by atoms with Gasteiger partial charge in [0.15, 0.2) is 11.5 Å². The first-order chi connectivity index (χ1) is 15.9. The molecule has 9 heteroatoms. The maximum Gasteiger partial charge on any atom is 0.259 e. The molecule has 3 aromatic rings. The smallest absolute Gasteiger partial charge is 0.259 e. The Bertz CT molecular complexity index is 1320. The van der Waals surface area contributed by atoms with E-state index in [9.17, 15) is 13.2 Å². The monoisotopic (exact) mass is 466 g/mol. The number of nitrogens with zero attached hydrogens (tertiary/aromatic N) is 1. The SMILES string of the molecule is Cc1ccc2c(c1)Oc1cc(Oc3ccccc3)c(S(=O)(=O)N3CCOCC3)cc1C(=O)N2. The zero-order valence-corrected chi connectivity index (χ0v) is 18.7. The number of hydrogen-bond donors (Lipinski definition) is 1. The van der Waals surface area contributed by atoms with Crippen molar-refractivity contribution in [1.82, 2.24) is 4.31 Å². The number of sulfonamides is 1. The Hall–Kier alpha value is -3.40. The maximum absolute atomic E-state index is 13.6. The molecule has 0 aliphatic carbocycles. The Balaban J connectivity index is 1.65. The Kier molecular flexibility index (Phi) is 5.53. The van der Waals surface area contributed by atoms with Gasteiger partial charge in [0, 0.05) is 19.2 Å². The molecule has 1 fully saturated rings. The molecule has 1 N–H and O–H groups in total. The van der Waals surface area contributed by atoms with Crippen LogP contribution >= 0.6 is 0 Å². The molecule has 0 aromatic heterocycles. The van der Waals surface area contributed by atoms with E-state index in [1.165, 1.54) is 16.4 Å².